The fourth-order valence-electron chi connectivity index (χ4n) is 4.13. The highest BCUT2D eigenvalue weighted by Gasteiger charge is 2.54. The largest absolute Gasteiger partial charge is 0.434 e. The second kappa shape index (κ2) is 9.15. The summed E-state index contributed by atoms with van der Waals surface area (Å²) in [7, 11) is -1.45. The number of pyridine rings is 1. The molecule has 2 fully saturated rings. The Labute approximate surface area is 216 Å². The van der Waals surface area contributed by atoms with Gasteiger partial charge in [0.15, 0.2) is 28.4 Å². The first kappa shape index (κ1) is 23.9. The predicted octanol–water partition coefficient (Wildman–Crippen LogP) is 4.07. The van der Waals surface area contributed by atoms with Crippen molar-refractivity contribution >= 4 is 34.5 Å². The summed E-state index contributed by atoms with van der Waals surface area (Å²) in [6.07, 6.45) is 2.20. The van der Waals surface area contributed by atoms with E-state index in [0.29, 0.717) is 5.56 Å². The zero-order valence-corrected chi connectivity index (χ0v) is 20.5. The minimum absolute atomic E-state index is 0.00565. The van der Waals surface area contributed by atoms with Crippen molar-refractivity contribution in [2.75, 3.05) is 17.9 Å². The van der Waals surface area contributed by atoms with Gasteiger partial charge >= 0.3 is 6.09 Å². The van der Waals surface area contributed by atoms with Crippen molar-refractivity contribution in [3.63, 3.8) is 0 Å². The van der Waals surface area contributed by atoms with Crippen LogP contribution in [-0.4, -0.2) is 48.8 Å². The van der Waals surface area contributed by atoms with Gasteiger partial charge in [0.25, 0.3) is 0 Å². The number of fused-ring (bicyclic) bond motifs is 2. The van der Waals surface area contributed by atoms with Crippen LogP contribution in [0.4, 0.5) is 19.4 Å². The van der Waals surface area contributed by atoms with E-state index in [-0.39, 0.29) is 58.9 Å². The maximum Gasteiger partial charge on any atom is 0.416 e. The van der Waals surface area contributed by atoms with Crippen LogP contribution in [0.2, 0.25) is 5.15 Å². The highest BCUT2D eigenvalue weighted by atomic mass is 35.5. The number of ether oxygens (including phenoxy) is 3. The summed E-state index contributed by atoms with van der Waals surface area (Å²) in [6, 6.07) is 6.71. The maximum atomic E-state index is 15.3. The van der Waals surface area contributed by atoms with Crippen LogP contribution in [0.5, 0.6) is 17.4 Å². The molecular weight excluding hydrogens is 532 g/mol. The van der Waals surface area contributed by atoms with Gasteiger partial charge in [-0.25, -0.2) is 22.8 Å². The minimum atomic E-state index is -1.45. The first-order valence-corrected chi connectivity index (χ1v) is 12.8. The lowest BCUT2D eigenvalue weighted by atomic mass is 9.84. The molecule has 1 aliphatic carbocycles. The third kappa shape index (κ3) is 4.36. The van der Waals surface area contributed by atoms with E-state index in [4.69, 9.17) is 25.8 Å². The molecule has 2 aromatic heterocycles. The van der Waals surface area contributed by atoms with Crippen LogP contribution in [0.3, 0.4) is 0 Å². The summed E-state index contributed by atoms with van der Waals surface area (Å²) >= 11 is 5.72. The van der Waals surface area contributed by atoms with Crippen LogP contribution in [0, 0.1) is 11.6 Å². The van der Waals surface area contributed by atoms with E-state index in [0.717, 1.165) is 12.8 Å². The van der Waals surface area contributed by atoms with E-state index in [1.807, 2.05) is 0 Å². The van der Waals surface area contributed by atoms with Crippen LogP contribution in [-0.2, 0) is 27.8 Å². The summed E-state index contributed by atoms with van der Waals surface area (Å²) in [6.45, 7) is -0.0945. The molecule has 4 heterocycles. The monoisotopic (exact) mass is 549 g/mol. The van der Waals surface area contributed by atoms with E-state index < -0.39 is 34.3 Å². The molecule has 192 valence electrons. The molecular formula is C23H18ClF2N5O5S. The molecule has 1 spiro atoms. The lowest BCUT2D eigenvalue weighted by molar-refractivity contribution is -0.143. The number of halogens is 3. The maximum absolute atomic E-state index is 15.3. The van der Waals surface area contributed by atoms with E-state index in [9.17, 15) is 9.00 Å². The summed E-state index contributed by atoms with van der Waals surface area (Å²) in [5, 5.41) is 7.49. The molecule has 1 saturated carbocycles. The summed E-state index contributed by atoms with van der Waals surface area (Å²) in [5.41, 5.74) is -0.601. The van der Waals surface area contributed by atoms with Gasteiger partial charge in [-0.05, 0) is 31.0 Å². The van der Waals surface area contributed by atoms with Gasteiger partial charge in [-0.15, -0.1) is 10.2 Å². The van der Waals surface area contributed by atoms with Crippen LogP contribution in [0.15, 0.2) is 36.5 Å². The number of rotatable bonds is 7. The molecule has 14 heteroatoms. The molecule has 3 aromatic rings. The average molecular weight is 550 g/mol. The number of benzene rings is 1. The highest BCUT2D eigenvalue weighted by Crippen LogP contribution is 2.47. The average Bonchev–Trinajstić information content (AvgIpc) is 3.69. The number of hydrogen-bond donors (Lipinski definition) is 1. The highest BCUT2D eigenvalue weighted by molar-refractivity contribution is 7.87. The Balaban J connectivity index is 1.29. The van der Waals surface area contributed by atoms with Crippen molar-refractivity contribution in [2.24, 2.45) is 0 Å². The topological polar surface area (TPSA) is 116 Å². The Bertz CT molecular complexity index is 1420. The fraction of sp³-hybridized carbons (Fsp3) is 0.304. The van der Waals surface area contributed by atoms with E-state index in [1.165, 1.54) is 41.4 Å². The van der Waals surface area contributed by atoms with Crippen LogP contribution >= 0.6 is 11.6 Å². The SMILES string of the molecule is O=C1Oc2cc(Oc3ccc(Cl)nn3)c(F)cc2C2(COC2)N1Cc1ccnc(NS(=O)C2CC2)c1F. The second-order valence-electron chi connectivity index (χ2n) is 8.79. The summed E-state index contributed by atoms with van der Waals surface area (Å²) < 4.78 is 61.5. The number of carbonyl (C=O) groups is 1. The van der Waals surface area contributed by atoms with Gasteiger partial charge in [-0.2, -0.15) is 0 Å². The first-order valence-electron chi connectivity index (χ1n) is 11.2. The molecule has 1 saturated heterocycles. The Hall–Kier alpha value is -3.42. The summed E-state index contributed by atoms with van der Waals surface area (Å²) in [5.74, 6) is -1.78. The van der Waals surface area contributed by atoms with Crippen molar-refractivity contribution < 1.29 is 32.0 Å². The zero-order valence-electron chi connectivity index (χ0n) is 18.9. The third-order valence-electron chi connectivity index (χ3n) is 6.30. The minimum Gasteiger partial charge on any atom is -0.434 e. The molecule has 0 radical (unpaired) electrons. The molecule has 1 unspecified atom stereocenters. The van der Waals surface area contributed by atoms with Gasteiger partial charge in [-0.1, -0.05) is 11.6 Å². The molecule has 10 nitrogen and oxygen atoms in total. The predicted molar refractivity (Wildman–Crippen MR) is 127 cm³/mol. The number of aromatic nitrogens is 3. The van der Waals surface area contributed by atoms with Crippen molar-refractivity contribution in [1.29, 1.82) is 0 Å². The molecule has 0 bridgehead atoms. The smallest absolute Gasteiger partial charge is 0.416 e. The quantitative estimate of drug-likeness (QED) is 0.469. The van der Waals surface area contributed by atoms with Crippen molar-refractivity contribution in [3.05, 3.63) is 64.4 Å². The number of anilines is 1. The molecule has 37 heavy (non-hydrogen) atoms. The van der Waals surface area contributed by atoms with Crippen molar-refractivity contribution in [3.8, 4) is 17.4 Å². The Kier molecular flexibility index (Phi) is 5.92. The van der Waals surface area contributed by atoms with Gasteiger partial charge in [0.05, 0.1) is 25.0 Å². The molecule has 6 rings (SSSR count). The van der Waals surface area contributed by atoms with Crippen LogP contribution < -0.4 is 14.2 Å². The van der Waals surface area contributed by atoms with E-state index in [1.54, 1.807) is 0 Å². The Morgan fingerprint density at radius 1 is 1.22 bits per heavy atom. The van der Waals surface area contributed by atoms with E-state index in [2.05, 4.69) is 19.9 Å². The number of nitrogens with zero attached hydrogens (tertiary/aromatic N) is 4. The normalized spacial score (nSPS) is 18.6. The molecule has 1 amide bonds. The van der Waals surface area contributed by atoms with Gasteiger partial charge in [0.2, 0.25) is 5.88 Å². The number of carbonyl (C=O) groups excluding carboxylic acids is 1. The van der Waals surface area contributed by atoms with Crippen molar-refractivity contribution in [2.45, 2.75) is 30.2 Å². The molecule has 1 atom stereocenters. The molecule has 1 N–H and O–H groups in total. The standard InChI is InChI=1S/C23H18ClF2N5O5S/c24-18-3-4-19(29-28-18)35-17-8-16-14(7-15(17)25)23(10-34-11-23)31(22(32)36-16)9-12-5-6-27-21(20(12)26)30-37(33)13-1-2-13/h3-8,13H,1-2,9-11H2,(H,27,30). The first-order chi connectivity index (χ1) is 17.8. The second-order valence-corrected chi connectivity index (χ2v) is 10.6. The van der Waals surface area contributed by atoms with Gasteiger partial charge < -0.3 is 14.2 Å². The third-order valence-corrected chi connectivity index (χ3v) is 7.97. The fourth-order valence-corrected chi connectivity index (χ4v) is 5.30. The molecule has 2 aliphatic heterocycles. The number of hydrogen-bond acceptors (Lipinski definition) is 8. The lowest BCUT2D eigenvalue weighted by Gasteiger charge is -2.51. The van der Waals surface area contributed by atoms with Gasteiger partial charge in [0, 0.05) is 29.5 Å². The van der Waals surface area contributed by atoms with Crippen LogP contribution in [0.25, 0.3) is 0 Å². The number of amides is 1. The lowest BCUT2D eigenvalue weighted by Crippen LogP contribution is -2.63. The molecule has 1 aromatic carbocycles. The van der Waals surface area contributed by atoms with Gasteiger partial charge in [0.1, 0.15) is 22.3 Å². The Morgan fingerprint density at radius 2 is 2.03 bits per heavy atom. The zero-order chi connectivity index (χ0) is 25.7. The molecule has 3 aliphatic rings. The van der Waals surface area contributed by atoms with E-state index >= 15 is 8.78 Å². The Morgan fingerprint density at radius 3 is 2.70 bits per heavy atom. The van der Waals surface area contributed by atoms with Gasteiger partial charge in [-0.3, -0.25) is 9.62 Å². The van der Waals surface area contributed by atoms with Crippen molar-refractivity contribution in [1.82, 2.24) is 20.1 Å². The number of nitrogens with one attached hydrogen (secondary N) is 1. The summed E-state index contributed by atoms with van der Waals surface area (Å²) in [4.78, 5) is 18.4. The van der Waals surface area contributed by atoms with Crippen LogP contribution in [0.1, 0.15) is 24.0 Å².